The van der Waals surface area contributed by atoms with E-state index in [4.69, 9.17) is 21.1 Å². The van der Waals surface area contributed by atoms with Gasteiger partial charge in [0.2, 0.25) is 0 Å². The number of aryl methyl sites for hydroxylation is 2. The largest absolute Gasteiger partial charge is 0.463 e. The van der Waals surface area contributed by atoms with E-state index in [1.807, 2.05) is 6.07 Å². The molecule has 0 bridgehead atoms. The second-order valence-corrected chi connectivity index (χ2v) is 8.32. The Balaban J connectivity index is 1.62. The van der Waals surface area contributed by atoms with Crippen LogP contribution < -0.4 is 10.2 Å². The Bertz CT molecular complexity index is 929. The first-order valence-electron chi connectivity index (χ1n) is 11.3. The summed E-state index contributed by atoms with van der Waals surface area (Å²) in [4.78, 5) is 13.7. The Kier molecular flexibility index (Phi) is 9.60. The number of methoxy groups -OCH3 is 1. The van der Waals surface area contributed by atoms with Gasteiger partial charge in [-0.15, -0.1) is 0 Å². The smallest absolute Gasteiger partial charge is 0.330 e. The van der Waals surface area contributed by atoms with E-state index in [0.29, 0.717) is 19.8 Å². The van der Waals surface area contributed by atoms with Gasteiger partial charge in [-0.2, -0.15) is 0 Å². The number of carbonyl (C=O) groups is 1. The monoisotopic (exact) mass is 456 g/mol. The maximum atomic E-state index is 11.3. The summed E-state index contributed by atoms with van der Waals surface area (Å²) in [5, 5.41) is 4.12. The number of unbranched alkanes of at least 4 members (excludes halogenated alkanes) is 1. The Morgan fingerprint density at radius 2 is 1.97 bits per heavy atom. The van der Waals surface area contributed by atoms with Gasteiger partial charge in [0.15, 0.2) is 0 Å². The number of nitrogens with zero attached hydrogens (tertiary/aromatic N) is 1. The van der Waals surface area contributed by atoms with Crippen LogP contribution in [0.5, 0.6) is 0 Å². The van der Waals surface area contributed by atoms with E-state index in [0.717, 1.165) is 43.8 Å². The Hall–Kier alpha value is -2.34. The molecule has 2 aromatic carbocycles. The minimum atomic E-state index is -0.292. The van der Waals surface area contributed by atoms with Gasteiger partial charge >= 0.3 is 5.97 Å². The molecule has 5 nitrogen and oxygen atoms in total. The lowest BCUT2D eigenvalue weighted by Crippen LogP contribution is -2.22. The number of hydrogen-bond acceptors (Lipinski definition) is 5. The number of carbonyl (C=O) groups excluding carboxylic acids is 1. The average molecular weight is 457 g/mol. The Labute approximate surface area is 196 Å². The summed E-state index contributed by atoms with van der Waals surface area (Å²) < 4.78 is 10.2. The molecule has 1 aliphatic rings. The quantitative estimate of drug-likeness (QED) is 0.285. The van der Waals surface area contributed by atoms with Crippen molar-refractivity contribution in [2.75, 3.05) is 38.3 Å². The zero-order chi connectivity index (χ0) is 22.8. The van der Waals surface area contributed by atoms with Crippen molar-refractivity contribution in [2.45, 2.75) is 39.2 Å². The topological polar surface area (TPSA) is 50.8 Å². The first kappa shape index (κ1) is 24.3. The minimum absolute atomic E-state index is 0.292. The molecule has 0 saturated heterocycles. The molecular weight excluding hydrogens is 424 g/mol. The molecule has 0 spiro atoms. The molecule has 6 heteroatoms. The van der Waals surface area contributed by atoms with Crippen LogP contribution in [-0.2, 0) is 33.7 Å². The second kappa shape index (κ2) is 12.6. The highest BCUT2D eigenvalue weighted by Crippen LogP contribution is 2.38. The maximum Gasteiger partial charge on any atom is 0.330 e. The lowest BCUT2D eigenvalue weighted by Gasteiger charge is -2.27. The summed E-state index contributed by atoms with van der Waals surface area (Å²) in [6.45, 7) is 5.30. The van der Waals surface area contributed by atoms with Crippen LogP contribution in [0.2, 0.25) is 5.02 Å². The van der Waals surface area contributed by atoms with Crippen LogP contribution in [0.1, 0.15) is 36.5 Å². The third kappa shape index (κ3) is 6.83. The van der Waals surface area contributed by atoms with Crippen molar-refractivity contribution >= 4 is 28.9 Å². The second-order valence-electron chi connectivity index (χ2n) is 7.89. The van der Waals surface area contributed by atoms with Crippen molar-refractivity contribution in [3.8, 4) is 0 Å². The summed E-state index contributed by atoms with van der Waals surface area (Å²) in [5.41, 5.74) is 6.36. The average Bonchev–Trinajstić information content (AvgIpc) is 2.92. The van der Waals surface area contributed by atoms with Crippen molar-refractivity contribution in [2.24, 2.45) is 0 Å². The molecule has 32 heavy (non-hydrogen) atoms. The van der Waals surface area contributed by atoms with Crippen LogP contribution in [0.25, 0.3) is 0 Å². The summed E-state index contributed by atoms with van der Waals surface area (Å²) in [5.74, 6) is -0.292. The van der Waals surface area contributed by atoms with Crippen LogP contribution in [-0.4, -0.2) is 39.3 Å². The third-order valence-electron chi connectivity index (χ3n) is 5.54. The molecule has 1 heterocycles. The molecule has 0 fully saturated rings. The molecule has 0 radical (unpaired) electrons. The molecule has 0 unspecified atom stereocenters. The lowest BCUT2D eigenvalue weighted by molar-refractivity contribution is -0.137. The maximum absolute atomic E-state index is 11.3. The predicted octanol–water partition coefficient (Wildman–Crippen LogP) is 5.21. The fourth-order valence-corrected chi connectivity index (χ4v) is 4.22. The number of halogens is 1. The van der Waals surface area contributed by atoms with Gasteiger partial charge in [-0.25, -0.2) is 4.79 Å². The van der Waals surface area contributed by atoms with Gasteiger partial charge in [0, 0.05) is 42.7 Å². The number of esters is 1. The third-order valence-corrected chi connectivity index (χ3v) is 5.77. The molecule has 2 aromatic rings. The fourth-order valence-electron chi connectivity index (χ4n) is 4.05. The normalized spacial score (nSPS) is 13.0. The highest BCUT2D eigenvalue weighted by molar-refractivity contribution is 6.30. The van der Waals surface area contributed by atoms with Crippen molar-refractivity contribution < 1.29 is 14.3 Å². The summed E-state index contributed by atoms with van der Waals surface area (Å²) in [6.07, 6.45) is 7.37. The number of nitrogens with one attached hydrogen (secondary N) is 1. The highest BCUT2D eigenvalue weighted by Gasteiger charge is 2.21. The van der Waals surface area contributed by atoms with Gasteiger partial charge in [-0.05, 0) is 74.0 Å². The van der Waals surface area contributed by atoms with E-state index in [1.165, 1.54) is 34.1 Å². The number of anilines is 2. The van der Waals surface area contributed by atoms with Crippen LogP contribution >= 0.6 is 11.6 Å². The van der Waals surface area contributed by atoms with E-state index < -0.39 is 0 Å². The van der Waals surface area contributed by atoms with E-state index in [-0.39, 0.29) is 5.97 Å². The SMILES string of the molecule is CCOC(=O)/C=C/CNCCCCN1c2ccc(COC)cc2CCc2ccc(Cl)cc21. The molecular formula is C26H33ClN2O3. The van der Waals surface area contributed by atoms with Crippen LogP contribution in [0, 0.1) is 0 Å². The zero-order valence-electron chi connectivity index (χ0n) is 19.0. The molecule has 1 aliphatic heterocycles. The summed E-state index contributed by atoms with van der Waals surface area (Å²) in [7, 11) is 1.73. The molecule has 3 rings (SSSR count). The first-order chi connectivity index (χ1) is 15.6. The van der Waals surface area contributed by atoms with Crippen LogP contribution in [0.4, 0.5) is 11.4 Å². The number of ether oxygens (including phenoxy) is 2. The van der Waals surface area contributed by atoms with Gasteiger partial charge in [0.05, 0.1) is 13.2 Å². The van der Waals surface area contributed by atoms with E-state index in [9.17, 15) is 4.79 Å². The van der Waals surface area contributed by atoms with E-state index >= 15 is 0 Å². The van der Waals surface area contributed by atoms with Crippen molar-refractivity contribution in [3.63, 3.8) is 0 Å². The molecule has 172 valence electrons. The standard InChI is InChI=1S/C26H33ClN2O3/c1-3-32-26(30)7-6-15-28-14-4-5-16-29-24-13-8-20(19-31-2)17-22(24)10-9-21-11-12-23(27)18-25(21)29/h6-8,11-13,17-18,28H,3-5,9-10,14-16,19H2,1-2H3/b7-6+. The molecule has 1 N–H and O–H groups in total. The Morgan fingerprint density at radius 3 is 2.78 bits per heavy atom. The van der Waals surface area contributed by atoms with Gasteiger partial charge in [-0.3, -0.25) is 0 Å². The van der Waals surface area contributed by atoms with Gasteiger partial charge in [-0.1, -0.05) is 35.9 Å². The zero-order valence-corrected chi connectivity index (χ0v) is 19.8. The molecule has 0 amide bonds. The summed E-state index contributed by atoms with van der Waals surface area (Å²) >= 11 is 6.37. The number of fused-ring (bicyclic) bond motifs is 2. The number of rotatable bonds is 11. The molecule has 0 aromatic heterocycles. The van der Waals surface area contributed by atoms with Crippen LogP contribution in [0.15, 0.2) is 48.6 Å². The van der Waals surface area contributed by atoms with E-state index in [2.05, 4.69) is 40.5 Å². The Morgan fingerprint density at radius 1 is 1.12 bits per heavy atom. The van der Waals surface area contributed by atoms with E-state index in [1.54, 1.807) is 20.1 Å². The number of benzene rings is 2. The minimum Gasteiger partial charge on any atom is -0.463 e. The number of hydrogen-bond donors (Lipinski definition) is 1. The summed E-state index contributed by atoms with van der Waals surface area (Å²) in [6, 6.07) is 12.9. The fraction of sp³-hybridized carbons (Fsp3) is 0.423. The van der Waals surface area contributed by atoms with Crippen molar-refractivity contribution in [1.82, 2.24) is 5.32 Å². The van der Waals surface area contributed by atoms with Crippen molar-refractivity contribution in [3.05, 3.63) is 70.3 Å². The first-order valence-corrected chi connectivity index (χ1v) is 11.7. The van der Waals surface area contributed by atoms with Crippen LogP contribution in [0.3, 0.4) is 0 Å². The molecule has 0 saturated carbocycles. The van der Waals surface area contributed by atoms with Gasteiger partial charge < -0.3 is 19.7 Å². The predicted molar refractivity (Wildman–Crippen MR) is 131 cm³/mol. The van der Waals surface area contributed by atoms with Crippen molar-refractivity contribution in [1.29, 1.82) is 0 Å². The molecule has 0 atom stereocenters. The lowest BCUT2D eigenvalue weighted by atomic mass is 10.0. The molecule has 0 aliphatic carbocycles. The van der Waals surface area contributed by atoms with Gasteiger partial charge in [0.1, 0.15) is 0 Å². The highest BCUT2D eigenvalue weighted by atomic mass is 35.5. The van der Waals surface area contributed by atoms with Gasteiger partial charge in [0.25, 0.3) is 0 Å².